The first-order valence-corrected chi connectivity index (χ1v) is 10.9. The van der Waals surface area contributed by atoms with Crippen molar-refractivity contribution >= 4 is 34.7 Å². The highest BCUT2D eigenvalue weighted by Gasteiger charge is 2.32. The summed E-state index contributed by atoms with van der Waals surface area (Å²) in [7, 11) is -4.60. The van der Waals surface area contributed by atoms with E-state index in [1.807, 2.05) is 45.0 Å². The Balaban J connectivity index is 1.70. The van der Waals surface area contributed by atoms with Gasteiger partial charge in [0.25, 0.3) is 10.0 Å². The SMILES string of the molecule is Cc1ccc2c(c1)C(N(CC(C)C)/N=C/c1ccc3c(c1)COB3O)=NS2(=O)=O. The summed E-state index contributed by atoms with van der Waals surface area (Å²) in [5.41, 5.74) is 4.05. The van der Waals surface area contributed by atoms with Crippen molar-refractivity contribution in [2.24, 2.45) is 15.4 Å². The molecular weight excluding hydrogens is 389 g/mol. The lowest BCUT2D eigenvalue weighted by Gasteiger charge is -2.21. The molecule has 0 amide bonds. The van der Waals surface area contributed by atoms with E-state index in [1.165, 1.54) is 0 Å². The first kappa shape index (κ1) is 19.8. The van der Waals surface area contributed by atoms with Gasteiger partial charge in [-0.2, -0.15) is 13.5 Å². The van der Waals surface area contributed by atoms with Crippen LogP contribution in [-0.2, 0) is 21.3 Å². The van der Waals surface area contributed by atoms with Crippen LogP contribution in [0.1, 0.15) is 36.1 Å². The molecule has 2 aliphatic rings. The normalized spacial score (nSPS) is 17.0. The number of amidine groups is 1. The van der Waals surface area contributed by atoms with Crippen LogP contribution in [0, 0.1) is 12.8 Å². The van der Waals surface area contributed by atoms with Crippen molar-refractivity contribution in [1.82, 2.24) is 5.01 Å². The van der Waals surface area contributed by atoms with E-state index >= 15 is 0 Å². The third kappa shape index (κ3) is 3.85. The molecule has 0 fully saturated rings. The van der Waals surface area contributed by atoms with Crippen LogP contribution in [0.3, 0.4) is 0 Å². The van der Waals surface area contributed by atoms with Gasteiger partial charge in [-0.25, -0.2) is 5.01 Å². The predicted octanol–water partition coefficient (Wildman–Crippen LogP) is 1.65. The summed E-state index contributed by atoms with van der Waals surface area (Å²) >= 11 is 0. The van der Waals surface area contributed by atoms with Gasteiger partial charge < -0.3 is 9.68 Å². The number of rotatable bonds is 4. The Morgan fingerprint density at radius 2 is 2.10 bits per heavy atom. The molecule has 2 heterocycles. The van der Waals surface area contributed by atoms with Crippen LogP contribution in [0.5, 0.6) is 0 Å². The van der Waals surface area contributed by atoms with Gasteiger partial charge in [0.1, 0.15) is 4.90 Å². The summed E-state index contributed by atoms with van der Waals surface area (Å²) in [6, 6.07) is 10.8. The quantitative estimate of drug-likeness (QED) is 0.469. The minimum atomic E-state index is -3.72. The van der Waals surface area contributed by atoms with Crippen molar-refractivity contribution in [3.05, 3.63) is 58.7 Å². The molecule has 4 rings (SSSR count). The average molecular weight is 411 g/mol. The molecule has 7 nitrogen and oxygen atoms in total. The number of hydrogen-bond donors (Lipinski definition) is 1. The summed E-state index contributed by atoms with van der Waals surface area (Å²) in [4.78, 5) is 0.214. The molecule has 0 unspecified atom stereocenters. The van der Waals surface area contributed by atoms with Gasteiger partial charge in [-0.3, -0.25) is 0 Å². The number of fused-ring (bicyclic) bond motifs is 2. The van der Waals surface area contributed by atoms with E-state index in [0.717, 1.165) is 22.2 Å². The maximum Gasteiger partial charge on any atom is 0.491 e. The van der Waals surface area contributed by atoms with E-state index in [-0.39, 0.29) is 10.8 Å². The molecule has 2 aromatic carbocycles. The van der Waals surface area contributed by atoms with E-state index in [1.54, 1.807) is 23.4 Å². The third-order valence-electron chi connectivity index (χ3n) is 4.82. The summed E-state index contributed by atoms with van der Waals surface area (Å²) in [6.45, 7) is 6.87. The highest BCUT2D eigenvalue weighted by Crippen LogP contribution is 2.29. The number of sulfonamides is 1. The standard InChI is InChI=1S/C20H22BN3O4S/c1-13(2)11-24(20-17-8-14(3)4-7-19(17)29(26,27)23-20)22-10-15-5-6-18-16(9-15)12-28-21(18)25/h4-10,13,25H,11-12H2,1-3H3/b22-10+. The fourth-order valence-electron chi connectivity index (χ4n) is 3.44. The van der Waals surface area contributed by atoms with Gasteiger partial charge >= 0.3 is 7.12 Å². The highest BCUT2D eigenvalue weighted by atomic mass is 32.2. The van der Waals surface area contributed by atoms with Gasteiger partial charge in [-0.05, 0) is 47.6 Å². The predicted molar refractivity (Wildman–Crippen MR) is 113 cm³/mol. The van der Waals surface area contributed by atoms with Crippen molar-refractivity contribution in [1.29, 1.82) is 0 Å². The van der Waals surface area contributed by atoms with Crippen LogP contribution >= 0.6 is 0 Å². The average Bonchev–Trinajstić information content (AvgIpc) is 3.15. The molecule has 0 aromatic heterocycles. The van der Waals surface area contributed by atoms with E-state index in [0.29, 0.717) is 24.6 Å². The molecule has 0 radical (unpaired) electrons. The Kier molecular flexibility index (Phi) is 5.06. The fraction of sp³-hybridized carbons (Fsp3) is 0.300. The second kappa shape index (κ2) is 7.40. The molecule has 0 bridgehead atoms. The minimum Gasteiger partial charge on any atom is -0.423 e. The van der Waals surface area contributed by atoms with Gasteiger partial charge in [-0.1, -0.05) is 37.6 Å². The summed E-state index contributed by atoms with van der Waals surface area (Å²) in [6.07, 6.45) is 1.68. The van der Waals surface area contributed by atoms with Crippen LogP contribution < -0.4 is 5.46 Å². The van der Waals surface area contributed by atoms with E-state index in [4.69, 9.17) is 4.65 Å². The van der Waals surface area contributed by atoms with Gasteiger partial charge in [-0.15, -0.1) is 4.40 Å². The van der Waals surface area contributed by atoms with Crippen LogP contribution in [0.25, 0.3) is 0 Å². The van der Waals surface area contributed by atoms with Crippen LogP contribution in [0.4, 0.5) is 0 Å². The monoisotopic (exact) mass is 411 g/mol. The minimum absolute atomic E-state index is 0.214. The molecule has 0 saturated carbocycles. The van der Waals surface area contributed by atoms with Crippen molar-refractivity contribution < 1.29 is 18.1 Å². The topological polar surface area (TPSA) is 91.6 Å². The Bertz CT molecular complexity index is 1130. The lowest BCUT2D eigenvalue weighted by atomic mass is 9.79. The molecule has 2 aromatic rings. The lowest BCUT2D eigenvalue weighted by molar-refractivity contribution is 0.275. The van der Waals surface area contributed by atoms with Crippen LogP contribution in [0.2, 0.25) is 0 Å². The first-order valence-electron chi connectivity index (χ1n) is 9.44. The van der Waals surface area contributed by atoms with Gasteiger partial charge in [0.15, 0.2) is 5.84 Å². The molecule has 0 atom stereocenters. The van der Waals surface area contributed by atoms with Crippen molar-refractivity contribution in [3.8, 4) is 0 Å². The number of nitrogens with zero attached hydrogens (tertiary/aromatic N) is 3. The second-order valence-electron chi connectivity index (χ2n) is 7.73. The summed E-state index contributed by atoms with van der Waals surface area (Å²) < 4.78 is 34.2. The molecular formula is C20H22BN3O4S. The molecule has 9 heteroatoms. The van der Waals surface area contributed by atoms with E-state index in [9.17, 15) is 13.4 Å². The number of hydrogen-bond acceptors (Lipinski definition) is 6. The maximum absolute atomic E-state index is 12.5. The third-order valence-corrected chi connectivity index (χ3v) is 6.14. The largest absolute Gasteiger partial charge is 0.491 e. The van der Waals surface area contributed by atoms with E-state index < -0.39 is 17.1 Å². The Morgan fingerprint density at radius 1 is 1.31 bits per heavy atom. The second-order valence-corrected chi connectivity index (χ2v) is 9.30. The zero-order valence-electron chi connectivity index (χ0n) is 16.5. The van der Waals surface area contributed by atoms with Gasteiger partial charge in [0.2, 0.25) is 0 Å². The molecule has 0 saturated heterocycles. The van der Waals surface area contributed by atoms with Gasteiger partial charge in [0, 0.05) is 12.1 Å². The molecule has 1 N–H and O–H groups in total. The zero-order valence-corrected chi connectivity index (χ0v) is 17.3. The fourth-order valence-corrected chi connectivity index (χ4v) is 4.63. The van der Waals surface area contributed by atoms with E-state index in [2.05, 4.69) is 9.50 Å². The Morgan fingerprint density at radius 3 is 2.86 bits per heavy atom. The maximum atomic E-state index is 12.5. The molecule has 150 valence electrons. The van der Waals surface area contributed by atoms with Crippen LogP contribution in [-0.4, -0.2) is 44.2 Å². The Labute approximate surface area is 170 Å². The highest BCUT2D eigenvalue weighted by molar-refractivity contribution is 7.90. The Hall–Kier alpha value is -2.49. The molecule has 0 spiro atoms. The van der Waals surface area contributed by atoms with Crippen LogP contribution in [0.15, 0.2) is 50.8 Å². The molecule has 29 heavy (non-hydrogen) atoms. The summed E-state index contributed by atoms with van der Waals surface area (Å²) in [5, 5.41) is 16.0. The zero-order chi connectivity index (χ0) is 20.8. The number of aryl methyl sites for hydroxylation is 1. The molecule has 2 aliphatic heterocycles. The van der Waals surface area contributed by atoms with Crippen molar-refractivity contribution in [2.75, 3.05) is 6.54 Å². The number of benzene rings is 2. The first-order chi connectivity index (χ1) is 13.7. The number of hydrazone groups is 1. The van der Waals surface area contributed by atoms with Crippen molar-refractivity contribution in [3.63, 3.8) is 0 Å². The van der Waals surface area contributed by atoms with Crippen molar-refractivity contribution in [2.45, 2.75) is 32.3 Å². The molecule has 0 aliphatic carbocycles. The lowest BCUT2D eigenvalue weighted by Crippen LogP contribution is -2.30. The summed E-state index contributed by atoms with van der Waals surface area (Å²) in [5.74, 6) is 0.587. The smallest absolute Gasteiger partial charge is 0.423 e. The van der Waals surface area contributed by atoms with Gasteiger partial charge in [0.05, 0.1) is 12.8 Å².